The van der Waals surface area contributed by atoms with Crippen molar-refractivity contribution in [2.45, 2.75) is 30.0 Å². The van der Waals surface area contributed by atoms with Crippen molar-refractivity contribution in [3.05, 3.63) is 71.3 Å². The zero-order valence-electron chi connectivity index (χ0n) is 16.2. The van der Waals surface area contributed by atoms with Crippen molar-refractivity contribution in [1.29, 1.82) is 0 Å². The third kappa shape index (κ3) is 4.31. The van der Waals surface area contributed by atoms with Gasteiger partial charge in [-0.05, 0) is 49.2 Å². The quantitative estimate of drug-likeness (QED) is 0.659. The maximum atomic E-state index is 12.9. The lowest BCUT2D eigenvalue weighted by molar-refractivity contribution is -0.141. The molecule has 0 saturated carbocycles. The predicted molar refractivity (Wildman–Crippen MR) is 104 cm³/mol. The van der Waals surface area contributed by atoms with Gasteiger partial charge in [0, 0.05) is 29.8 Å². The zero-order valence-corrected chi connectivity index (χ0v) is 17.0. The second kappa shape index (κ2) is 7.49. The second-order valence-corrected chi connectivity index (χ2v) is 9.25. The molecular formula is C20H17F3N4O3S. The second-order valence-electron chi connectivity index (χ2n) is 7.23. The average Bonchev–Trinajstić information content (AvgIpc) is 3.29. The van der Waals surface area contributed by atoms with E-state index in [1.807, 2.05) is 0 Å². The third-order valence-electron chi connectivity index (χ3n) is 5.02. The summed E-state index contributed by atoms with van der Waals surface area (Å²) >= 11 is 0. The first-order valence-corrected chi connectivity index (χ1v) is 11.1. The third-order valence-corrected chi connectivity index (χ3v) is 6.15. The summed E-state index contributed by atoms with van der Waals surface area (Å²) < 4.78 is 63.2. The minimum atomic E-state index is -4.56. The summed E-state index contributed by atoms with van der Waals surface area (Å²) in [5.74, 6) is -0.381. The van der Waals surface area contributed by atoms with Crippen LogP contribution in [0, 0.1) is 0 Å². The molecule has 1 aliphatic carbocycles. The molecule has 11 heteroatoms. The van der Waals surface area contributed by atoms with Gasteiger partial charge in [0.25, 0.3) is 5.91 Å². The Balaban J connectivity index is 1.53. The van der Waals surface area contributed by atoms with Crippen molar-refractivity contribution in [1.82, 2.24) is 20.1 Å². The van der Waals surface area contributed by atoms with Crippen molar-refractivity contribution >= 4 is 15.7 Å². The fourth-order valence-corrected chi connectivity index (χ4v) is 4.07. The number of aryl methyl sites for hydroxylation is 1. The maximum Gasteiger partial charge on any atom is 0.433 e. The van der Waals surface area contributed by atoms with Crippen molar-refractivity contribution < 1.29 is 26.4 Å². The van der Waals surface area contributed by atoms with Gasteiger partial charge < -0.3 is 5.32 Å². The number of hydrogen-bond acceptors (Lipinski definition) is 5. The molecule has 3 aromatic rings. The van der Waals surface area contributed by atoms with Crippen LogP contribution in [0.3, 0.4) is 0 Å². The topological polar surface area (TPSA) is 94.0 Å². The molecule has 162 valence electrons. The summed E-state index contributed by atoms with van der Waals surface area (Å²) in [6.45, 7) is 0. The standard InChI is InChI=1S/C20H17F3N4O3S/c1-31(29,30)14-4-2-12(3-5-14)19(28)25-16-6-7-17-15(16)11-27(26-17)13-8-9-24-18(10-13)20(21,22)23/h2-5,8-11,16H,6-7H2,1H3,(H,25,28)/t16-/m0/s1. The number of nitrogens with zero attached hydrogens (tertiary/aromatic N) is 3. The van der Waals surface area contributed by atoms with Gasteiger partial charge in [-0.15, -0.1) is 0 Å². The molecule has 0 radical (unpaired) electrons. The SMILES string of the molecule is CS(=O)(=O)c1ccc(C(=O)N[C@H]2CCc3nn(-c4ccnc(C(F)(F)F)c4)cc32)cc1. The number of pyridine rings is 1. The molecule has 2 aromatic heterocycles. The molecular weight excluding hydrogens is 433 g/mol. The van der Waals surface area contributed by atoms with Crippen LogP contribution in [-0.2, 0) is 22.4 Å². The maximum absolute atomic E-state index is 12.9. The van der Waals surface area contributed by atoms with Gasteiger partial charge >= 0.3 is 6.18 Å². The number of carbonyl (C=O) groups is 1. The number of nitrogens with one attached hydrogen (secondary N) is 1. The van der Waals surface area contributed by atoms with E-state index in [1.54, 1.807) is 6.20 Å². The lowest BCUT2D eigenvalue weighted by Crippen LogP contribution is -2.27. The van der Waals surface area contributed by atoms with Crippen molar-refractivity contribution in [2.75, 3.05) is 6.26 Å². The molecule has 7 nitrogen and oxygen atoms in total. The van der Waals surface area contributed by atoms with E-state index in [0.29, 0.717) is 24.1 Å². The Labute approximate surface area is 175 Å². The average molecular weight is 450 g/mol. The van der Waals surface area contributed by atoms with Gasteiger partial charge in [-0.3, -0.25) is 9.78 Å². The summed E-state index contributed by atoms with van der Waals surface area (Å²) in [6.07, 6.45) is 0.378. The number of rotatable bonds is 4. The highest BCUT2D eigenvalue weighted by Crippen LogP contribution is 2.32. The monoisotopic (exact) mass is 450 g/mol. The summed E-state index contributed by atoms with van der Waals surface area (Å²) in [5, 5.41) is 7.23. The number of aromatic nitrogens is 3. The smallest absolute Gasteiger partial charge is 0.345 e. The molecule has 4 rings (SSSR count). The van der Waals surface area contributed by atoms with Gasteiger partial charge in [0.15, 0.2) is 9.84 Å². The Hall–Kier alpha value is -3.21. The summed E-state index contributed by atoms with van der Waals surface area (Å²) in [4.78, 5) is 16.0. The van der Waals surface area contributed by atoms with E-state index in [2.05, 4.69) is 15.4 Å². The first-order valence-electron chi connectivity index (χ1n) is 9.25. The van der Waals surface area contributed by atoms with E-state index < -0.39 is 21.7 Å². The normalized spacial score (nSPS) is 16.2. The predicted octanol–water partition coefficient (Wildman–Crippen LogP) is 3.11. The molecule has 0 unspecified atom stereocenters. The zero-order chi connectivity index (χ0) is 22.4. The summed E-state index contributed by atoms with van der Waals surface area (Å²) in [5.41, 5.74) is 0.938. The molecule has 0 saturated heterocycles. The largest absolute Gasteiger partial charge is 0.433 e. The molecule has 2 heterocycles. The van der Waals surface area contributed by atoms with Crippen molar-refractivity contribution in [3.8, 4) is 5.69 Å². The van der Waals surface area contributed by atoms with Crippen molar-refractivity contribution in [3.63, 3.8) is 0 Å². The molecule has 0 bridgehead atoms. The van der Waals surface area contributed by atoms with Crippen LogP contribution in [0.5, 0.6) is 0 Å². The molecule has 31 heavy (non-hydrogen) atoms. The number of benzene rings is 1. The first kappa shape index (κ1) is 21.0. The minimum Gasteiger partial charge on any atom is -0.345 e. The fourth-order valence-electron chi connectivity index (χ4n) is 3.44. The van der Waals surface area contributed by atoms with Crippen LogP contribution in [0.2, 0.25) is 0 Å². The Bertz CT molecular complexity index is 1250. The number of carbonyl (C=O) groups excluding carboxylic acids is 1. The van der Waals surface area contributed by atoms with Gasteiger partial charge in [-0.2, -0.15) is 18.3 Å². The number of amides is 1. The van der Waals surface area contributed by atoms with Crippen LogP contribution in [0.1, 0.15) is 39.8 Å². The number of alkyl halides is 3. The molecule has 0 fully saturated rings. The lowest BCUT2D eigenvalue weighted by atomic mass is 10.1. The van der Waals surface area contributed by atoms with E-state index in [-0.39, 0.29) is 22.5 Å². The first-order chi connectivity index (χ1) is 14.5. The number of fused-ring (bicyclic) bond motifs is 1. The highest BCUT2D eigenvalue weighted by atomic mass is 32.2. The van der Waals surface area contributed by atoms with Crippen LogP contribution in [-0.4, -0.2) is 35.3 Å². The van der Waals surface area contributed by atoms with Crippen LogP contribution in [0.15, 0.2) is 53.7 Å². The molecule has 1 atom stereocenters. The summed E-state index contributed by atoms with van der Waals surface area (Å²) in [6, 6.07) is 7.58. The van der Waals surface area contributed by atoms with E-state index in [4.69, 9.17) is 0 Å². The molecule has 1 amide bonds. The van der Waals surface area contributed by atoms with Crippen molar-refractivity contribution in [2.24, 2.45) is 0 Å². The van der Waals surface area contributed by atoms with Gasteiger partial charge in [0.2, 0.25) is 0 Å². The van der Waals surface area contributed by atoms with E-state index in [0.717, 1.165) is 24.1 Å². The molecule has 1 aliphatic rings. The van der Waals surface area contributed by atoms with Gasteiger partial charge in [0.1, 0.15) is 5.69 Å². The lowest BCUT2D eigenvalue weighted by Gasteiger charge is -2.13. The fraction of sp³-hybridized carbons (Fsp3) is 0.250. The van der Waals surface area contributed by atoms with E-state index in [9.17, 15) is 26.4 Å². The number of hydrogen-bond donors (Lipinski definition) is 1. The van der Waals surface area contributed by atoms with Crippen LogP contribution in [0.4, 0.5) is 13.2 Å². The van der Waals surface area contributed by atoms with Crippen LogP contribution >= 0.6 is 0 Å². The van der Waals surface area contributed by atoms with E-state index >= 15 is 0 Å². The molecule has 1 N–H and O–H groups in total. The number of halogens is 3. The Kier molecular flexibility index (Phi) is 5.08. The Morgan fingerprint density at radius 1 is 1.19 bits per heavy atom. The van der Waals surface area contributed by atoms with Gasteiger partial charge in [-0.1, -0.05) is 0 Å². The molecule has 1 aromatic carbocycles. The Morgan fingerprint density at radius 3 is 2.55 bits per heavy atom. The summed E-state index contributed by atoms with van der Waals surface area (Å²) in [7, 11) is -3.36. The van der Waals surface area contributed by atoms with Gasteiger partial charge in [-0.25, -0.2) is 13.1 Å². The molecule has 0 spiro atoms. The van der Waals surface area contributed by atoms with Crippen LogP contribution in [0.25, 0.3) is 5.69 Å². The minimum absolute atomic E-state index is 0.115. The van der Waals surface area contributed by atoms with Crippen LogP contribution < -0.4 is 5.32 Å². The number of sulfone groups is 1. The van der Waals surface area contributed by atoms with Gasteiger partial charge in [0.05, 0.1) is 22.3 Å². The van der Waals surface area contributed by atoms with E-state index in [1.165, 1.54) is 35.0 Å². The highest BCUT2D eigenvalue weighted by Gasteiger charge is 2.33. The Morgan fingerprint density at radius 2 is 1.90 bits per heavy atom. The highest BCUT2D eigenvalue weighted by molar-refractivity contribution is 7.90. The molecule has 0 aliphatic heterocycles.